The van der Waals surface area contributed by atoms with Crippen LogP contribution in [0.25, 0.3) is 22.7 Å². The minimum atomic E-state index is 0.157. The second-order valence-electron chi connectivity index (χ2n) is 6.34. The van der Waals surface area contributed by atoms with Gasteiger partial charge < -0.3 is 14.5 Å². The summed E-state index contributed by atoms with van der Waals surface area (Å²) in [5, 5.41) is 9.67. The minimum Gasteiger partial charge on any atom is -0.493 e. The first kappa shape index (κ1) is 16.2. The largest absolute Gasteiger partial charge is 0.493 e. The molecule has 0 spiro atoms. The lowest BCUT2D eigenvalue weighted by atomic mass is 10.0. The fourth-order valence-electron chi connectivity index (χ4n) is 3.24. The van der Waals surface area contributed by atoms with E-state index in [0.29, 0.717) is 18.0 Å². The van der Waals surface area contributed by atoms with Crippen molar-refractivity contribution in [3.8, 4) is 17.6 Å². The normalized spacial score (nSPS) is 16.2. The van der Waals surface area contributed by atoms with Crippen molar-refractivity contribution < 1.29 is 9.47 Å². The second-order valence-corrected chi connectivity index (χ2v) is 6.34. The summed E-state index contributed by atoms with van der Waals surface area (Å²) in [6, 6.07) is 13.9. The number of nitrogens with zero attached hydrogens (tertiary/aromatic N) is 2. The summed E-state index contributed by atoms with van der Waals surface area (Å²) in [7, 11) is 0. The fraction of sp³-hybridized carbons (Fsp3) is 0.238. The molecule has 1 aliphatic heterocycles. The van der Waals surface area contributed by atoms with Crippen LogP contribution >= 0.6 is 0 Å². The van der Waals surface area contributed by atoms with E-state index in [1.807, 2.05) is 50.2 Å². The van der Waals surface area contributed by atoms with Crippen LogP contribution in [0, 0.1) is 11.3 Å². The van der Waals surface area contributed by atoms with E-state index < -0.39 is 0 Å². The molecule has 0 bridgehead atoms. The molecule has 1 aromatic heterocycles. The molecule has 0 amide bonds. The van der Waals surface area contributed by atoms with Gasteiger partial charge in [0.05, 0.1) is 23.2 Å². The van der Waals surface area contributed by atoms with Crippen LogP contribution in [-0.2, 0) is 6.42 Å². The highest BCUT2D eigenvalue weighted by molar-refractivity contribution is 5.91. The van der Waals surface area contributed by atoms with Crippen LogP contribution in [0.5, 0.6) is 11.5 Å². The lowest BCUT2D eigenvalue weighted by Crippen LogP contribution is -2.05. The van der Waals surface area contributed by atoms with Gasteiger partial charge in [0.25, 0.3) is 0 Å². The fourth-order valence-corrected chi connectivity index (χ4v) is 3.24. The number of H-pyrrole nitrogens is 1. The monoisotopic (exact) mass is 345 g/mol. The summed E-state index contributed by atoms with van der Waals surface area (Å²) in [5.41, 5.74) is 4.14. The van der Waals surface area contributed by atoms with Gasteiger partial charge in [-0.05, 0) is 44.2 Å². The average Bonchev–Trinajstić information content (AvgIpc) is 3.21. The topological polar surface area (TPSA) is 70.9 Å². The highest BCUT2D eigenvalue weighted by Crippen LogP contribution is 2.36. The van der Waals surface area contributed by atoms with Gasteiger partial charge in [-0.2, -0.15) is 5.26 Å². The predicted molar refractivity (Wildman–Crippen MR) is 101 cm³/mol. The van der Waals surface area contributed by atoms with Gasteiger partial charge in [-0.1, -0.05) is 12.1 Å². The number of hydrogen-bond acceptors (Lipinski definition) is 4. The third kappa shape index (κ3) is 2.91. The molecule has 1 atom stereocenters. The quantitative estimate of drug-likeness (QED) is 0.714. The summed E-state index contributed by atoms with van der Waals surface area (Å²) in [5.74, 6) is 2.16. The van der Waals surface area contributed by atoms with Crippen LogP contribution in [0.2, 0.25) is 0 Å². The SMILES string of the molecule is CCOc1cc2c(cc1/C=C(\C#N)c1nc3ccccc3[nH]1)O[C@@H](C)C2. The number of nitrogens with one attached hydrogen (secondary N) is 1. The average molecular weight is 345 g/mol. The van der Waals surface area contributed by atoms with E-state index >= 15 is 0 Å². The van der Waals surface area contributed by atoms with Crippen LogP contribution in [0.1, 0.15) is 30.8 Å². The van der Waals surface area contributed by atoms with Crippen LogP contribution in [0.3, 0.4) is 0 Å². The van der Waals surface area contributed by atoms with Crippen molar-refractivity contribution in [2.75, 3.05) is 6.61 Å². The molecule has 5 nitrogen and oxygen atoms in total. The first-order valence-electron chi connectivity index (χ1n) is 8.71. The maximum Gasteiger partial charge on any atom is 0.149 e. The number of aromatic nitrogens is 2. The van der Waals surface area contributed by atoms with Crippen molar-refractivity contribution in [3.05, 3.63) is 53.3 Å². The zero-order valence-electron chi connectivity index (χ0n) is 14.7. The first-order valence-corrected chi connectivity index (χ1v) is 8.71. The van der Waals surface area contributed by atoms with Crippen LogP contribution < -0.4 is 9.47 Å². The van der Waals surface area contributed by atoms with Gasteiger partial charge in [0.2, 0.25) is 0 Å². The van der Waals surface area contributed by atoms with E-state index in [4.69, 9.17) is 9.47 Å². The molecule has 130 valence electrons. The highest BCUT2D eigenvalue weighted by Gasteiger charge is 2.22. The zero-order valence-corrected chi connectivity index (χ0v) is 14.7. The Bertz CT molecular complexity index is 1010. The summed E-state index contributed by atoms with van der Waals surface area (Å²) in [6.07, 6.45) is 2.83. The van der Waals surface area contributed by atoms with Crippen LogP contribution in [0.4, 0.5) is 0 Å². The Morgan fingerprint density at radius 2 is 2.27 bits per heavy atom. The number of aromatic amines is 1. The number of imidazole rings is 1. The predicted octanol–water partition coefficient (Wildman–Crippen LogP) is 4.35. The molecule has 1 N–H and O–H groups in total. The van der Waals surface area contributed by atoms with Crippen molar-refractivity contribution in [2.45, 2.75) is 26.4 Å². The maximum absolute atomic E-state index is 9.67. The molecule has 0 aliphatic carbocycles. The maximum atomic E-state index is 9.67. The molecular weight excluding hydrogens is 326 g/mol. The van der Waals surface area contributed by atoms with E-state index in [1.165, 1.54) is 0 Å². The van der Waals surface area contributed by atoms with Crippen LogP contribution in [-0.4, -0.2) is 22.7 Å². The summed E-state index contributed by atoms with van der Waals surface area (Å²) in [6.45, 7) is 4.55. The Kier molecular flexibility index (Phi) is 4.10. The number of hydrogen-bond donors (Lipinski definition) is 1. The molecule has 0 radical (unpaired) electrons. The smallest absolute Gasteiger partial charge is 0.149 e. The van der Waals surface area contributed by atoms with Gasteiger partial charge in [-0.25, -0.2) is 4.98 Å². The third-order valence-electron chi connectivity index (χ3n) is 4.39. The molecule has 4 rings (SSSR count). The summed E-state index contributed by atoms with van der Waals surface area (Å²) < 4.78 is 11.7. The molecule has 3 aromatic rings. The van der Waals surface area contributed by atoms with Gasteiger partial charge in [-0.3, -0.25) is 0 Å². The van der Waals surface area contributed by atoms with Gasteiger partial charge in [-0.15, -0.1) is 0 Å². The molecule has 0 saturated heterocycles. The number of allylic oxidation sites excluding steroid dienone is 1. The molecule has 26 heavy (non-hydrogen) atoms. The van der Waals surface area contributed by atoms with E-state index in [-0.39, 0.29) is 6.10 Å². The highest BCUT2D eigenvalue weighted by atomic mass is 16.5. The lowest BCUT2D eigenvalue weighted by Gasteiger charge is -2.10. The Morgan fingerprint density at radius 3 is 3.04 bits per heavy atom. The number of benzene rings is 2. The van der Waals surface area contributed by atoms with Gasteiger partial charge in [0, 0.05) is 17.5 Å². The van der Waals surface area contributed by atoms with Crippen molar-refractivity contribution in [1.29, 1.82) is 5.26 Å². The molecular formula is C21H19N3O2. The van der Waals surface area contributed by atoms with Gasteiger partial charge in [0.1, 0.15) is 29.5 Å². The number of nitriles is 1. The van der Waals surface area contributed by atoms with Crippen molar-refractivity contribution in [2.24, 2.45) is 0 Å². The van der Waals surface area contributed by atoms with Crippen molar-refractivity contribution in [3.63, 3.8) is 0 Å². The molecule has 1 aliphatic rings. The summed E-state index contributed by atoms with van der Waals surface area (Å²) in [4.78, 5) is 7.73. The standard InChI is InChI=1S/C21H19N3O2/c1-3-25-19-10-14-8-13(2)26-20(14)11-15(19)9-16(12-22)21-23-17-6-4-5-7-18(17)24-21/h4-7,9-11,13H,3,8H2,1-2H3,(H,23,24)/b16-9+/t13-/m0/s1. The van der Waals surface area contributed by atoms with Gasteiger partial charge >= 0.3 is 0 Å². The number of ether oxygens (including phenoxy) is 2. The molecule has 0 fully saturated rings. The van der Waals surface area contributed by atoms with E-state index in [9.17, 15) is 5.26 Å². The zero-order chi connectivity index (χ0) is 18.1. The van der Waals surface area contributed by atoms with E-state index in [2.05, 4.69) is 16.0 Å². The second kappa shape index (κ2) is 6.57. The van der Waals surface area contributed by atoms with E-state index in [1.54, 1.807) is 6.08 Å². The first-order chi connectivity index (χ1) is 12.7. The molecule has 2 aromatic carbocycles. The molecule has 0 unspecified atom stereocenters. The number of rotatable bonds is 4. The Morgan fingerprint density at radius 1 is 1.42 bits per heavy atom. The Labute approximate surface area is 151 Å². The third-order valence-corrected chi connectivity index (χ3v) is 4.39. The summed E-state index contributed by atoms with van der Waals surface area (Å²) >= 11 is 0. The number of fused-ring (bicyclic) bond motifs is 2. The van der Waals surface area contributed by atoms with Crippen molar-refractivity contribution >= 4 is 22.7 Å². The molecule has 0 saturated carbocycles. The van der Waals surface area contributed by atoms with E-state index in [0.717, 1.165) is 40.1 Å². The Hall–Kier alpha value is -3.26. The van der Waals surface area contributed by atoms with Crippen molar-refractivity contribution in [1.82, 2.24) is 9.97 Å². The minimum absolute atomic E-state index is 0.157. The van der Waals surface area contributed by atoms with Crippen LogP contribution in [0.15, 0.2) is 36.4 Å². The molecule has 2 heterocycles. The Balaban J connectivity index is 1.80. The number of para-hydroxylation sites is 2. The molecule has 5 heteroatoms. The lowest BCUT2D eigenvalue weighted by molar-refractivity contribution is 0.254. The van der Waals surface area contributed by atoms with Gasteiger partial charge in [0.15, 0.2) is 0 Å².